The number of rotatable bonds is 6. The standard InChI is InChI=1S/C15H20N2O/c1-4-9-12(5-2)17-15(18)13-10-7-8-11-14(13)16-6-3/h2,7-8,10-12,16H,4,6,9H2,1,3H3,(H,17,18). The molecule has 1 aromatic carbocycles. The molecule has 96 valence electrons. The third kappa shape index (κ3) is 3.81. The average molecular weight is 244 g/mol. The van der Waals surface area contributed by atoms with Crippen LogP contribution in [0.25, 0.3) is 0 Å². The molecule has 1 amide bonds. The van der Waals surface area contributed by atoms with Gasteiger partial charge in [-0.25, -0.2) is 0 Å². The zero-order valence-corrected chi connectivity index (χ0v) is 11.0. The predicted octanol–water partition coefficient (Wildman–Crippen LogP) is 2.65. The number of carbonyl (C=O) groups is 1. The van der Waals surface area contributed by atoms with E-state index in [9.17, 15) is 4.79 Å². The fraction of sp³-hybridized carbons (Fsp3) is 0.400. The van der Waals surface area contributed by atoms with Crippen LogP contribution in [0.3, 0.4) is 0 Å². The van der Waals surface area contributed by atoms with E-state index in [2.05, 4.69) is 16.6 Å². The van der Waals surface area contributed by atoms with Crippen molar-refractivity contribution in [3.63, 3.8) is 0 Å². The molecule has 1 rings (SSSR count). The topological polar surface area (TPSA) is 41.1 Å². The van der Waals surface area contributed by atoms with Gasteiger partial charge >= 0.3 is 0 Å². The second kappa shape index (κ2) is 7.39. The monoisotopic (exact) mass is 244 g/mol. The van der Waals surface area contributed by atoms with Crippen molar-refractivity contribution in [2.45, 2.75) is 32.7 Å². The Morgan fingerprint density at radius 1 is 1.39 bits per heavy atom. The Kier molecular flexibility index (Phi) is 5.79. The molecule has 2 N–H and O–H groups in total. The molecule has 0 aliphatic rings. The molecule has 0 bridgehead atoms. The van der Waals surface area contributed by atoms with Gasteiger partial charge in [-0.15, -0.1) is 6.42 Å². The van der Waals surface area contributed by atoms with E-state index < -0.39 is 0 Å². The van der Waals surface area contributed by atoms with E-state index in [-0.39, 0.29) is 11.9 Å². The minimum Gasteiger partial charge on any atom is -0.385 e. The summed E-state index contributed by atoms with van der Waals surface area (Å²) in [7, 11) is 0. The molecule has 1 aromatic rings. The fourth-order valence-corrected chi connectivity index (χ4v) is 1.75. The number of hydrogen-bond acceptors (Lipinski definition) is 2. The van der Waals surface area contributed by atoms with Crippen molar-refractivity contribution in [3.8, 4) is 12.3 Å². The highest BCUT2D eigenvalue weighted by Crippen LogP contribution is 2.14. The lowest BCUT2D eigenvalue weighted by Gasteiger charge is -2.14. The van der Waals surface area contributed by atoms with Crippen molar-refractivity contribution in [1.82, 2.24) is 5.32 Å². The SMILES string of the molecule is C#CC(CCC)NC(=O)c1ccccc1NCC. The van der Waals surface area contributed by atoms with E-state index in [4.69, 9.17) is 6.42 Å². The number of anilines is 1. The maximum atomic E-state index is 12.1. The third-order valence-corrected chi connectivity index (χ3v) is 2.62. The summed E-state index contributed by atoms with van der Waals surface area (Å²) >= 11 is 0. The van der Waals surface area contributed by atoms with Crippen LogP contribution >= 0.6 is 0 Å². The summed E-state index contributed by atoms with van der Waals surface area (Å²) in [5.74, 6) is 2.48. The fourth-order valence-electron chi connectivity index (χ4n) is 1.75. The quantitative estimate of drug-likeness (QED) is 0.755. The van der Waals surface area contributed by atoms with Gasteiger partial charge in [0.2, 0.25) is 0 Å². The molecule has 18 heavy (non-hydrogen) atoms. The molecular formula is C15H20N2O. The van der Waals surface area contributed by atoms with Crippen molar-refractivity contribution in [2.75, 3.05) is 11.9 Å². The number of amides is 1. The highest BCUT2D eigenvalue weighted by molar-refractivity contribution is 5.99. The van der Waals surface area contributed by atoms with Crippen LogP contribution in [0, 0.1) is 12.3 Å². The van der Waals surface area contributed by atoms with Gasteiger partial charge in [-0.2, -0.15) is 0 Å². The third-order valence-electron chi connectivity index (χ3n) is 2.62. The Bertz CT molecular complexity index is 434. The molecule has 3 nitrogen and oxygen atoms in total. The lowest BCUT2D eigenvalue weighted by Crippen LogP contribution is -2.34. The molecule has 0 radical (unpaired) electrons. The molecule has 0 aromatic heterocycles. The van der Waals surface area contributed by atoms with Gasteiger partial charge in [-0.3, -0.25) is 4.79 Å². The first kappa shape index (κ1) is 14.1. The molecule has 1 unspecified atom stereocenters. The Hall–Kier alpha value is -1.95. The Balaban J connectivity index is 2.80. The smallest absolute Gasteiger partial charge is 0.254 e. The number of hydrogen-bond donors (Lipinski definition) is 2. The molecule has 0 saturated carbocycles. The van der Waals surface area contributed by atoms with Crippen LogP contribution < -0.4 is 10.6 Å². The average Bonchev–Trinajstić information content (AvgIpc) is 2.39. The van der Waals surface area contributed by atoms with Gasteiger partial charge in [-0.05, 0) is 25.5 Å². The molecule has 0 spiro atoms. The number of benzene rings is 1. The highest BCUT2D eigenvalue weighted by atomic mass is 16.1. The molecule has 1 atom stereocenters. The van der Waals surface area contributed by atoms with E-state index in [1.54, 1.807) is 6.07 Å². The number of para-hydroxylation sites is 1. The van der Waals surface area contributed by atoms with E-state index in [0.29, 0.717) is 5.56 Å². The first-order chi connectivity index (χ1) is 8.72. The largest absolute Gasteiger partial charge is 0.385 e. The first-order valence-corrected chi connectivity index (χ1v) is 6.32. The molecule has 0 fully saturated rings. The lowest BCUT2D eigenvalue weighted by atomic mass is 10.1. The predicted molar refractivity (Wildman–Crippen MR) is 75.6 cm³/mol. The van der Waals surface area contributed by atoms with Gasteiger partial charge in [0, 0.05) is 12.2 Å². The number of terminal acetylenes is 1. The van der Waals surface area contributed by atoms with E-state index in [1.165, 1.54) is 0 Å². The van der Waals surface area contributed by atoms with Crippen molar-refractivity contribution >= 4 is 11.6 Å². The van der Waals surface area contributed by atoms with Crippen LogP contribution in [0.5, 0.6) is 0 Å². The van der Waals surface area contributed by atoms with Crippen LogP contribution in [0.2, 0.25) is 0 Å². The van der Waals surface area contributed by atoms with Crippen molar-refractivity contribution in [1.29, 1.82) is 0 Å². The molecular weight excluding hydrogens is 224 g/mol. The second-order valence-electron chi connectivity index (χ2n) is 4.06. The van der Waals surface area contributed by atoms with Crippen LogP contribution in [-0.2, 0) is 0 Å². The molecule has 3 heteroatoms. The maximum Gasteiger partial charge on any atom is 0.254 e. The van der Waals surface area contributed by atoms with Gasteiger partial charge in [0.1, 0.15) is 0 Å². The van der Waals surface area contributed by atoms with Crippen LogP contribution in [0.15, 0.2) is 24.3 Å². The summed E-state index contributed by atoms with van der Waals surface area (Å²) in [5.41, 5.74) is 1.47. The summed E-state index contributed by atoms with van der Waals surface area (Å²) < 4.78 is 0. The zero-order valence-electron chi connectivity index (χ0n) is 11.0. The van der Waals surface area contributed by atoms with E-state index in [0.717, 1.165) is 25.1 Å². The minimum atomic E-state index is -0.197. The summed E-state index contributed by atoms with van der Waals surface area (Å²) in [5, 5.41) is 6.04. The Morgan fingerprint density at radius 2 is 2.11 bits per heavy atom. The Morgan fingerprint density at radius 3 is 2.72 bits per heavy atom. The van der Waals surface area contributed by atoms with Crippen molar-refractivity contribution in [3.05, 3.63) is 29.8 Å². The van der Waals surface area contributed by atoms with Gasteiger partial charge in [0.25, 0.3) is 5.91 Å². The molecule has 0 saturated heterocycles. The Labute approximate surface area is 109 Å². The molecule has 0 aliphatic heterocycles. The first-order valence-electron chi connectivity index (χ1n) is 6.32. The highest BCUT2D eigenvalue weighted by Gasteiger charge is 2.13. The van der Waals surface area contributed by atoms with Gasteiger partial charge < -0.3 is 10.6 Å². The zero-order chi connectivity index (χ0) is 13.4. The second-order valence-corrected chi connectivity index (χ2v) is 4.06. The maximum absolute atomic E-state index is 12.1. The minimum absolute atomic E-state index is 0.122. The van der Waals surface area contributed by atoms with Crippen LogP contribution in [0.4, 0.5) is 5.69 Å². The lowest BCUT2D eigenvalue weighted by molar-refractivity contribution is 0.0945. The van der Waals surface area contributed by atoms with Gasteiger partial charge in [0.05, 0.1) is 11.6 Å². The van der Waals surface area contributed by atoms with E-state index in [1.807, 2.05) is 32.0 Å². The molecule has 0 heterocycles. The van der Waals surface area contributed by atoms with Gasteiger partial charge in [0.15, 0.2) is 0 Å². The van der Waals surface area contributed by atoms with Crippen molar-refractivity contribution in [2.24, 2.45) is 0 Å². The molecule has 0 aliphatic carbocycles. The summed E-state index contributed by atoms with van der Waals surface area (Å²) in [6.45, 7) is 4.82. The van der Waals surface area contributed by atoms with Crippen LogP contribution in [0.1, 0.15) is 37.0 Å². The number of nitrogens with one attached hydrogen (secondary N) is 2. The summed E-state index contributed by atoms with van der Waals surface area (Å²) in [4.78, 5) is 12.1. The number of carbonyl (C=O) groups excluding carboxylic acids is 1. The van der Waals surface area contributed by atoms with Crippen molar-refractivity contribution < 1.29 is 4.79 Å². The van der Waals surface area contributed by atoms with Gasteiger partial charge in [-0.1, -0.05) is 31.4 Å². The summed E-state index contributed by atoms with van der Waals surface area (Å²) in [6.07, 6.45) is 7.15. The normalized spacial score (nSPS) is 11.4. The van der Waals surface area contributed by atoms with Crippen LogP contribution in [-0.4, -0.2) is 18.5 Å². The summed E-state index contributed by atoms with van der Waals surface area (Å²) in [6, 6.07) is 7.24. The van der Waals surface area contributed by atoms with E-state index >= 15 is 0 Å².